The Balaban J connectivity index is 4.27. The van der Waals surface area contributed by atoms with E-state index in [0.29, 0.717) is 19.3 Å². The minimum Gasteiger partial charge on any atom is -0.462 e. The number of ether oxygens (including phenoxy) is 3. The quantitative estimate of drug-likeness (QED) is 0.0261. The average molecular weight is 1130 g/mol. The summed E-state index contributed by atoms with van der Waals surface area (Å²) in [6.45, 7) is 6.49. The Labute approximate surface area is 501 Å². The molecule has 6 nitrogen and oxygen atoms in total. The van der Waals surface area contributed by atoms with Crippen molar-refractivity contribution in [1.82, 2.24) is 0 Å². The lowest BCUT2D eigenvalue weighted by atomic mass is 10.0. The maximum Gasteiger partial charge on any atom is 0.306 e. The van der Waals surface area contributed by atoms with Gasteiger partial charge in [-0.25, -0.2) is 0 Å². The lowest BCUT2D eigenvalue weighted by Gasteiger charge is -2.18. The summed E-state index contributed by atoms with van der Waals surface area (Å²) >= 11 is 0. The first kappa shape index (κ1) is 77.1. The fourth-order valence-electron chi connectivity index (χ4n) is 9.58. The highest BCUT2D eigenvalue weighted by atomic mass is 16.6. The van der Waals surface area contributed by atoms with Gasteiger partial charge in [-0.1, -0.05) is 297 Å². The topological polar surface area (TPSA) is 78.9 Å². The summed E-state index contributed by atoms with van der Waals surface area (Å²) in [7, 11) is 0. The largest absolute Gasteiger partial charge is 0.462 e. The van der Waals surface area contributed by atoms with Crippen LogP contribution >= 0.6 is 0 Å². The molecule has 0 saturated heterocycles. The summed E-state index contributed by atoms with van der Waals surface area (Å²) in [5, 5.41) is 0. The van der Waals surface area contributed by atoms with Gasteiger partial charge in [-0.3, -0.25) is 14.4 Å². The van der Waals surface area contributed by atoms with E-state index >= 15 is 0 Å². The van der Waals surface area contributed by atoms with E-state index in [1.165, 1.54) is 167 Å². The van der Waals surface area contributed by atoms with E-state index in [4.69, 9.17) is 14.2 Å². The van der Waals surface area contributed by atoms with Crippen molar-refractivity contribution in [3.05, 3.63) is 109 Å². The van der Waals surface area contributed by atoms with E-state index in [-0.39, 0.29) is 31.1 Å². The van der Waals surface area contributed by atoms with Crippen LogP contribution in [0.2, 0.25) is 0 Å². The van der Waals surface area contributed by atoms with Crippen LogP contribution < -0.4 is 0 Å². The van der Waals surface area contributed by atoms with Crippen molar-refractivity contribution in [3.63, 3.8) is 0 Å². The van der Waals surface area contributed by atoms with Crippen molar-refractivity contribution in [2.45, 2.75) is 335 Å². The molecule has 0 aromatic carbocycles. The monoisotopic (exact) mass is 1120 g/mol. The first-order valence-corrected chi connectivity index (χ1v) is 34.4. The Morgan fingerprint density at radius 1 is 0.259 bits per heavy atom. The molecule has 1 atom stereocenters. The molecule has 0 saturated carbocycles. The molecule has 0 aliphatic heterocycles. The van der Waals surface area contributed by atoms with Gasteiger partial charge >= 0.3 is 17.9 Å². The van der Waals surface area contributed by atoms with E-state index in [9.17, 15) is 14.4 Å². The van der Waals surface area contributed by atoms with Crippen molar-refractivity contribution in [1.29, 1.82) is 0 Å². The van der Waals surface area contributed by atoms with Crippen LogP contribution in [0.3, 0.4) is 0 Å². The molecule has 0 heterocycles. The van der Waals surface area contributed by atoms with Gasteiger partial charge in [0.1, 0.15) is 13.2 Å². The summed E-state index contributed by atoms with van der Waals surface area (Å²) in [5.41, 5.74) is 0. The molecule has 0 bridgehead atoms. The Kier molecular flexibility index (Phi) is 65.2. The lowest BCUT2D eigenvalue weighted by Crippen LogP contribution is -2.30. The number of carbonyl (C=O) groups excluding carboxylic acids is 3. The predicted octanol–water partition coefficient (Wildman–Crippen LogP) is 23.8. The molecular weight excluding hydrogens is 997 g/mol. The average Bonchev–Trinajstić information content (AvgIpc) is 3.47. The molecule has 0 aliphatic carbocycles. The van der Waals surface area contributed by atoms with Crippen molar-refractivity contribution >= 4 is 17.9 Å². The number of allylic oxidation sites excluding steroid dienone is 18. The van der Waals surface area contributed by atoms with Gasteiger partial charge in [-0.2, -0.15) is 0 Å². The summed E-state index contributed by atoms with van der Waals surface area (Å²) in [4.78, 5) is 38.3. The van der Waals surface area contributed by atoms with Gasteiger partial charge in [0.2, 0.25) is 0 Å². The molecule has 81 heavy (non-hydrogen) atoms. The van der Waals surface area contributed by atoms with Gasteiger partial charge in [0.25, 0.3) is 0 Å². The van der Waals surface area contributed by atoms with Crippen LogP contribution in [-0.4, -0.2) is 37.2 Å². The fraction of sp³-hybridized carbons (Fsp3) is 0.720. The highest BCUT2D eigenvalue weighted by Gasteiger charge is 2.19. The van der Waals surface area contributed by atoms with Crippen LogP contribution in [0, 0.1) is 0 Å². The minimum absolute atomic E-state index is 0.0862. The molecule has 0 spiro atoms. The minimum atomic E-state index is -0.792. The molecule has 1 unspecified atom stereocenters. The summed E-state index contributed by atoms with van der Waals surface area (Å²) in [5.74, 6) is -0.902. The van der Waals surface area contributed by atoms with E-state index in [1.807, 2.05) is 0 Å². The zero-order valence-electron chi connectivity index (χ0n) is 53.3. The van der Waals surface area contributed by atoms with Crippen molar-refractivity contribution in [3.8, 4) is 0 Å². The van der Waals surface area contributed by atoms with Gasteiger partial charge in [0, 0.05) is 19.3 Å². The van der Waals surface area contributed by atoms with Crippen molar-refractivity contribution in [2.24, 2.45) is 0 Å². The highest BCUT2D eigenvalue weighted by Crippen LogP contribution is 2.17. The molecule has 0 amide bonds. The molecular formula is C75H128O6. The molecule has 0 rings (SSSR count). The third-order valence-corrected chi connectivity index (χ3v) is 14.7. The van der Waals surface area contributed by atoms with Gasteiger partial charge in [-0.15, -0.1) is 0 Å². The number of esters is 3. The number of hydrogen-bond donors (Lipinski definition) is 0. The van der Waals surface area contributed by atoms with Gasteiger partial charge < -0.3 is 14.2 Å². The smallest absolute Gasteiger partial charge is 0.306 e. The van der Waals surface area contributed by atoms with E-state index in [2.05, 4.69) is 130 Å². The van der Waals surface area contributed by atoms with E-state index in [1.54, 1.807) is 0 Å². The molecule has 0 radical (unpaired) electrons. The Bertz CT molecular complexity index is 1620. The second-order valence-corrected chi connectivity index (χ2v) is 22.7. The van der Waals surface area contributed by atoms with Crippen LogP contribution in [0.4, 0.5) is 0 Å². The maximum atomic E-state index is 12.9. The standard InChI is InChI=1S/C75H128O6/c1-4-7-10-13-16-19-22-24-26-28-30-32-34-36-37-39-40-42-44-46-48-50-53-56-59-62-65-68-74(77)80-71-72(70-79-73(76)67-64-61-58-55-52-21-18-15-12-9-6-3)81-75(78)69-66-63-60-57-54-51-49-47-45-43-41-38-35-33-31-29-27-25-23-20-17-14-11-8-5-2/h8,11,15,17-18,20,22,24-25,27-28,30-31,33,38,41,45,47,72H,4-7,9-10,12-14,16,19,21,23,26,29,32,34-37,39-40,42-44,46,48-71H2,1-3H3/b11-8-,18-15-,20-17-,24-22-,27-25-,30-28-,33-31-,41-38-,47-45-. The first-order chi connectivity index (χ1) is 40.0. The highest BCUT2D eigenvalue weighted by molar-refractivity contribution is 5.71. The van der Waals surface area contributed by atoms with Crippen molar-refractivity contribution < 1.29 is 28.6 Å². The van der Waals surface area contributed by atoms with Crippen molar-refractivity contribution in [2.75, 3.05) is 13.2 Å². The molecule has 0 aliphatic rings. The Morgan fingerprint density at radius 2 is 0.494 bits per heavy atom. The maximum absolute atomic E-state index is 12.9. The van der Waals surface area contributed by atoms with Crippen LogP contribution in [0.25, 0.3) is 0 Å². The summed E-state index contributed by atoms with van der Waals surface area (Å²) < 4.78 is 16.9. The normalized spacial score (nSPS) is 12.8. The number of unbranched alkanes of at least 4 members (excludes halogenated alkanes) is 33. The number of hydrogen-bond acceptors (Lipinski definition) is 6. The fourth-order valence-corrected chi connectivity index (χ4v) is 9.58. The zero-order chi connectivity index (χ0) is 58.5. The first-order valence-electron chi connectivity index (χ1n) is 34.4. The number of rotatable bonds is 62. The molecule has 0 N–H and O–H groups in total. The molecule has 6 heteroatoms. The molecule has 464 valence electrons. The second-order valence-electron chi connectivity index (χ2n) is 22.7. The summed E-state index contributed by atoms with van der Waals surface area (Å²) in [6.07, 6.45) is 94.0. The Hall–Kier alpha value is -3.93. The van der Waals surface area contributed by atoms with Crippen LogP contribution in [0.15, 0.2) is 109 Å². The van der Waals surface area contributed by atoms with Gasteiger partial charge in [-0.05, 0) is 122 Å². The zero-order valence-corrected chi connectivity index (χ0v) is 53.3. The number of carbonyl (C=O) groups is 3. The Morgan fingerprint density at radius 3 is 0.802 bits per heavy atom. The van der Waals surface area contributed by atoms with Crippen LogP contribution in [0.5, 0.6) is 0 Å². The third-order valence-electron chi connectivity index (χ3n) is 14.7. The molecule has 0 aromatic heterocycles. The van der Waals surface area contributed by atoms with Gasteiger partial charge in [0.15, 0.2) is 6.10 Å². The van der Waals surface area contributed by atoms with E-state index < -0.39 is 6.10 Å². The second kappa shape index (κ2) is 68.6. The van der Waals surface area contributed by atoms with E-state index in [0.717, 1.165) is 122 Å². The van der Waals surface area contributed by atoms with Crippen LogP contribution in [-0.2, 0) is 28.6 Å². The predicted molar refractivity (Wildman–Crippen MR) is 353 cm³/mol. The lowest BCUT2D eigenvalue weighted by molar-refractivity contribution is -0.167. The SMILES string of the molecule is CC/C=C\C/C=C\C/C=C\C/C=C\C/C=C\C/C=C\CCCCCCCCC(=O)OC(COC(=O)CCCCCCC/C=C\CCCC)COC(=O)CCCCCCCCCCCCCCCCC/C=C\C/C=C\CCCCCCC. The molecule has 0 fully saturated rings. The third kappa shape index (κ3) is 66.8. The van der Waals surface area contributed by atoms with Gasteiger partial charge in [0.05, 0.1) is 0 Å². The summed E-state index contributed by atoms with van der Waals surface area (Å²) in [6, 6.07) is 0. The molecule has 0 aromatic rings. The van der Waals surface area contributed by atoms with Crippen LogP contribution in [0.1, 0.15) is 329 Å².